The molecule has 21 heavy (non-hydrogen) atoms. The summed E-state index contributed by atoms with van der Waals surface area (Å²) in [5.41, 5.74) is 2.94. The monoisotopic (exact) mass is 286 g/mol. The minimum absolute atomic E-state index is 0.620. The van der Waals surface area contributed by atoms with Gasteiger partial charge in [-0.3, -0.25) is 4.90 Å². The van der Waals surface area contributed by atoms with E-state index in [1.54, 1.807) is 0 Å². The van der Waals surface area contributed by atoms with Crippen LogP contribution < -0.4 is 5.32 Å². The highest BCUT2D eigenvalue weighted by Gasteiger charge is 2.21. The van der Waals surface area contributed by atoms with Crippen molar-refractivity contribution in [2.45, 2.75) is 58.0 Å². The number of piperidine rings is 1. The summed E-state index contributed by atoms with van der Waals surface area (Å²) in [6.07, 6.45) is 5.52. The first-order valence-corrected chi connectivity index (χ1v) is 8.75. The maximum atomic E-state index is 3.63. The molecule has 0 spiro atoms. The molecule has 0 aromatic heterocycles. The topological polar surface area (TPSA) is 15.3 Å². The third kappa shape index (κ3) is 4.55. The second-order valence-corrected chi connectivity index (χ2v) is 7.31. The van der Waals surface area contributed by atoms with Crippen LogP contribution in [0.2, 0.25) is 0 Å². The van der Waals surface area contributed by atoms with Gasteiger partial charge in [0.15, 0.2) is 0 Å². The van der Waals surface area contributed by atoms with E-state index in [4.69, 9.17) is 0 Å². The molecular formula is C19H30N2. The van der Waals surface area contributed by atoms with Crippen LogP contribution in [-0.2, 0) is 6.54 Å². The molecule has 0 amide bonds. The minimum atomic E-state index is 0.620. The predicted molar refractivity (Wildman–Crippen MR) is 89.6 cm³/mol. The standard InChI is InChI=1S/C19H30N2/c1-15-4-3-11-21(13-15)14-17-5-7-18(8-6-17)16(2)12-20-19-9-10-19/h5-8,15-16,19-20H,3-4,9-14H2,1-2H3. The smallest absolute Gasteiger partial charge is 0.0233 e. The molecule has 1 saturated heterocycles. The summed E-state index contributed by atoms with van der Waals surface area (Å²) >= 11 is 0. The molecule has 1 aliphatic carbocycles. The Morgan fingerprint density at radius 3 is 2.62 bits per heavy atom. The van der Waals surface area contributed by atoms with Crippen molar-refractivity contribution in [3.8, 4) is 0 Å². The number of nitrogens with one attached hydrogen (secondary N) is 1. The van der Waals surface area contributed by atoms with Crippen LogP contribution in [-0.4, -0.2) is 30.6 Å². The lowest BCUT2D eigenvalue weighted by Crippen LogP contribution is -2.33. The van der Waals surface area contributed by atoms with Crippen LogP contribution in [0.5, 0.6) is 0 Å². The molecule has 1 heterocycles. The van der Waals surface area contributed by atoms with Crippen molar-refractivity contribution in [3.05, 3.63) is 35.4 Å². The molecule has 2 nitrogen and oxygen atoms in total. The summed E-state index contributed by atoms with van der Waals surface area (Å²) in [6.45, 7) is 9.49. The highest BCUT2D eigenvalue weighted by molar-refractivity contribution is 5.25. The van der Waals surface area contributed by atoms with Crippen molar-refractivity contribution in [2.24, 2.45) is 5.92 Å². The molecule has 2 atom stereocenters. The average molecular weight is 286 g/mol. The molecule has 1 aromatic rings. The first-order valence-electron chi connectivity index (χ1n) is 8.75. The highest BCUT2D eigenvalue weighted by Crippen LogP contribution is 2.22. The van der Waals surface area contributed by atoms with Crippen LogP contribution >= 0.6 is 0 Å². The third-order valence-electron chi connectivity index (χ3n) is 4.99. The van der Waals surface area contributed by atoms with Crippen LogP contribution in [0.4, 0.5) is 0 Å². The van der Waals surface area contributed by atoms with E-state index in [0.717, 1.165) is 25.0 Å². The SMILES string of the molecule is CC1CCCN(Cc2ccc(C(C)CNC3CC3)cc2)C1. The maximum absolute atomic E-state index is 3.63. The van der Waals surface area contributed by atoms with Gasteiger partial charge in [-0.05, 0) is 55.2 Å². The Morgan fingerprint density at radius 2 is 1.95 bits per heavy atom. The Hall–Kier alpha value is -0.860. The van der Waals surface area contributed by atoms with Crippen LogP contribution in [0.15, 0.2) is 24.3 Å². The van der Waals surface area contributed by atoms with Gasteiger partial charge in [-0.1, -0.05) is 38.1 Å². The number of hydrogen-bond acceptors (Lipinski definition) is 2. The summed E-state index contributed by atoms with van der Waals surface area (Å²) in [4.78, 5) is 2.61. The van der Waals surface area contributed by atoms with Gasteiger partial charge in [0.25, 0.3) is 0 Å². The molecule has 1 aromatic carbocycles. The first kappa shape index (κ1) is 15.1. The summed E-state index contributed by atoms with van der Waals surface area (Å²) < 4.78 is 0. The number of benzene rings is 1. The lowest BCUT2D eigenvalue weighted by atomic mass is 9.98. The summed E-state index contributed by atoms with van der Waals surface area (Å²) in [5, 5.41) is 3.63. The van der Waals surface area contributed by atoms with E-state index in [1.165, 1.54) is 49.9 Å². The lowest BCUT2D eigenvalue weighted by molar-refractivity contribution is 0.176. The Morgan fingerprint density at radius 1 is 1.19 bits per heavy atom. The fourth-order valence-corrected chi connectivity index (χ4v) is 3.39. The highest BCUT2D eigenvalue weighted by atomic mass is 15.1. The molecule has 0 bridgehead atoms. The van der Waals surface area contributed by atoms with Gasteiger partial charge in [-0.2, -0.15) is 0 Å². The summed E-state index contributed by atoms with van der Waals surface area (Å²) in [7, 11) is 0. The lowest BCUT2D eigenvalue weighted by Gasteiger charge is -2.30. The Bertz CT molecular complexity index is 435. The van der Waals surface area contributed by atoms with Crippen molar-refractivity contribution < 1.29 is 0 Å². The Kier molecular flexibility index (Phi) is 4.97. The van der Waals surface area contributed by atoms with Crippen molar-refractivity contribution in [1.29, 1.82) is 0 Å². The quantitative estimate of drug-likeness (QED) is 0.856. The van der Waals surface area contributed by atoms with Gasteiger partial charge in [0.1, 0.15) is 0 Å². The van der Waals surface area contributed by atoms with Crippen molar-refractivity contribution in [1.82, 2.24) is 10.2 Å². The normalized spacial score (nSPS) is 25.0. The maximum Gasteiger partial charge on any atom is 0.0233 e. The average Bonchev–Trinajstić information content (AvgIpc) is 3.30. The van der Waals surface area contributed by atoms with E-state index in [-0.39, 0.29) is 0 Å². The zero-order valence-corrected chi connectivity index (χ0v) is 13.6. The van der Waals surface area contributed by atoms with Crippen LogP contribution in [0.25, 0.3) is 0 Å². The van der Waals surface area contributed by atoms with Crippen molar-refractivity contribution in [3.63, 3.8) is 0 Å². The van der Waals surface area contributed by atoms with E-state index < -0.39 is 0 Å². The molecular weight excluding hydrogens is 256 g/mol. The van der Waals surface area contributed by atoms with Gasteiger partial charge in [-0.15, -0.1) is 0 Å². The van der Waals surface area contributed by atoms with Crippen LogP contribution in [0.3, 0.4) is 0 Å². The molecule has 116 valence electrons. The minimum Gasteiger partial charge on any atom is -0.313 e. The molecule has 2 aliphatic rings. The Balaban J connectivity index is 1.50. The Labute approximate surface area is 129 Å². The fourth-order valence-electron chi connectivity index (χ4n) is 3.39. The molecule has 1 aliphatic heterocycles. The number of rotatable bonds is 6. The molecule has 0 radical (unpaired) electrons. The van der Waals surface area contributed by atoms with Gasteiger partial charge in [0.2, 0.25) is 0 Å². The van der Waals surface area contributed by atoms with E-state index in [9.17, 15) is 0 Å². The number of nitrogens with zero attached hydrogens (tertiary/aromatic N) is 1. The largest absolute Gasteiger partial charge is 0.313 e. The van der Waals surface area contributed by atoms with Gasteiger partial charge >= 0.3 is 0 Å². The molecule has 1 N–H and O–H groups in total. The second kappa shape index (κ2) is 6.93. The molecule has 2 fully saturated rings. The third-order valence-corrected chi connectivity index (χ3v) is 4.99. The molecule has 2 heteroatoms. The first-order chi connectivity index (χ1) is 10.2. The zero-order chi connectivity index (χ0) is 14.7. The molecule has 1 saturated carbocycles. The van der Waals surface area contributed by atoms with Crippen LogP contribution in [0.1, 0.15) is 56.6 Å². The van der Waals surface area contributed by atoms with Gasteiger partial charge < -0.3 is 5.32 Å². The molecule has 2 unspecified atom stereocenters. The van der Waals surface area contributed by atoms with Crippen molar-refractivity contribution >= 4 is 0 Å². The van der Waals surface area contributed by atoms with Crippen LogP contribution in [0, 0.1) is 5.92 Å². The number of likely N-dealkylation sites (tertiary alicyclic amines) is 1. The summed E-state index contributed by atoms with van der Waals surface area (Å²) in [6, 6.07) is 10.2. The van der Waals surface area contributed by atoms with Gasteiger partial charge in [0, 0.05) is 25.7 Å². The van der Waals surface area contributed by atoms with Gasteiger partial charge in [-0.25, -0.2) is 0 Å². The van der Waals surface area contributed by atoms with E-state index in [0.29, 0.717) is 5.92 Å². The predicted octanol–water partition coefficient (Wildman–Crippen LogP) is 3.77. The summed E-state index contributed by atoms with van der Waals surface area (Å²) in [5.74, 6) is 1.49. The van der Waals surface area contributed by atoms with E-state index >= 15 is 0 Å². The zero-order valence-electron chi connectivity index (χ0n) is 13.6. The van der Waals surface area contributed by atoms with Crippen molar-refractivity contribution in [2.75, 3.05) is 19.6 Å². The number of hydrogen-bond donors (Lipinski definition) is 1. The van der Waals surface area contributed by atoms with E-state index in [1.807, 2.05) is 0 Å². The van der Waals surface area contributed by atoms with Gasteiger partial charge in [0.05, 0.1) is 0 Å². The van der Waals surface area contributed by atoms with E-state index in [2.05, 4.69) is 48.3 Å². The molecule has 3 rings (SSSR count). The second-order valence-electron chi connectivity index (χ2n) is 7.31. The fraction of sp³-hybridized carbons (Fsp3) is 0.684.